The molecule has 0 atom stereocenters. The molecule has 150 valence electrons. The molecule has 0 amide bonds. The predicted molar refractivity (Wildman–Crippen MR) is 113 cm³/mol. The van der Waals surface area contributed by atoms with Crippen LogP contribution in [0.25, 0.3) is 11.3 Å². The summed E-state index contributed by atoms with van der Waals surface area (Å²) in [4.78, 5) is 18.2. The highest BCUT2D eigenvalue weighted by Gasteiger charge is 2.27. The number of aromatic nitrogens is 3. The smallest absolute Gasteiger partial charge is 0.227 e. The molecule has 3 aromatic rings. The second-order valence-electron chi connectivity index (χ2n) is 7.17. The summed E-state index contributed by atoms with van der Waals surface area (Å²) >= 11 is 0. The molecule has 7 heteroatoms. The Bertz CT molecular complexity index is 980. The fourth-order valence-electron chi connectivity index (χ4n) is 3.56. The number of fused-ring (bicyclic) bond motifs is 1. The van der Waals surface area contributed by atoms with E-state index in [1.807, 2.05) is 36.3 Å². The van der Waals surface area contributed by atoms with Gasteiger partial charge in [-0.1, -0.05) is 18.2 Å². The number of nitrogens with zero attached hydrogens (tertiary/aromatic N) is 5. The van der Waals surface area contributed by atoms with E-state index in [-0.39, 0.29) is 5.75 Å². The zero-order chi connectivity index (χ0) is 20.2. The van der Waals surface area contributed by atoms with Crippen molar-refractivity contribution in [2.45, 2.75) is 13.0 Å². The molecule has 0 saturated heterocycles. The van der Waals surface area contributed by atoms with Gasteiger partial charge in [0.15, 0.2) is 0 Å². The molecule has 1 N–H and O–H groups in total. The van der Waals surface area contributed by atoms with E-state index in [0.29, 0.717) is 19.1 Å². The summed E-state index contributed by atoms with van der Waals surface area (Å²) in [5.41, 5.74) is 4.03. The lowest BCUT2D eigenvalue weighted by Gasteiger charge is -2.22. The van der Waals surface area contributed by atoms with Crippen molar-refractivity contribution in [1.82, 2.24) is 15.0 Å². The lowest BCUT2D eigenvalue weighted by atomic mass is 10.1. The Balaban J connectivity index is 1.75. The van der Waals surface area contributed by atoms with Crippen molar-refractivity contribution in [3.05, 3.63) is 59.9 Å². The molecule has 1 aromatic carbocycles. The summed E-state index contributed by atoms with van der Waals surface area (Å²) in [6, 6.07) is 11.3. The average molecular weight is 391 g/mol. The summed E-state index contributed by atoms with van der Waals surface area (Å²) < 4.78 is 5.21. The molecule has 1 aliphatic rings. The van der Waals surface area contributed by atoms with Gasteiger partial charge in [0.05, 0.1) is 12.3 Å². The fourth-order valence-corrected chi connectivity index (χ4v) is 3.56. The Kier molecular flexibility index (Phi) is 5.57. The Hall–Kier alpha value is -3.19. The van der Waals surface area contributed by atoms with Crippen LogP contribution in [-0.4, -0.2) is 53.9 Å². The minimum Gasteiger partial charge on any atom is -0.508 e. The lowest BCUT2D eigenvalue weighted by Crippen LogP contribution is -2.26. The van der Waals surface area contributed by atoms with Crippen molar-refractivity contribution in [3.8, 4) is 17.0 Å². The topological polar surface area (TPSA) is 74.6 Å². The maximum atomic E-state index is 9.98. The van der Waals surface area contributed by atoms with Crippen molar-refractivity contribution in [2.75, 3.05) is 43.7 Å². The van der Waals surface area contributed by atoms with Gasteiger partial charge in [-0.3, -0.25) is 4.98 Å². The third kappa shape index (κ3) is 4.14. The van der Waals surface area contributed by atoms with Crippen molar-refractivity contribution in [2.24, 2.45) is 0 Å². The number of likely N-dealkylation sites (N-methyl/N-ethyl adjacent to an activating group) is 1. The number of pyridine rings is 1. The highest BCUT2D eigenvalue weighted by molar-refractivity contribution is 5.73. The van der Waals surface area contributed by atoms with Crippen LogP contribution >= 0.6 is 0 Å². The monoisotopic (exact) mass is 391 g/mol. The average Bonchev–Trinajstić information content (AvgIpc) is 3.14. The number of hydrogen-bond acceptors (Lipinski definition) is 7. The SMILES string of the molecule is COCCN(C)c1nc(-c2cccc(O)c2)c2c(n1)N(Cc1cccnc1)CC2. The lowest BCUT2D eigenvalue weighted by molar-refractivity contribution is 0.206. The van der Waals surface area contributed by atoms with Gasteiger partial charge in [-0.05, 0) is 30.2 Å². The van der Waals surface area contributed by atoms with Crippen molar-refractivity contribution in [1.29, 1.82) is 0 Å². The zero-order valence-electron chi connectivity index (χ0n) is 16.7. The maximum absolute atomic E-state index is 9.98. The summed E-state index contributed by atoms with van der Waals surface area (Å²) in [7, 11) is 3.65. The highest BCUT2D eigenvalue weighted by Crippen LogP contribution is 2.36. The first-order valence-corrected chi connectivity index (χ1v) is 9.70. The van der Waals surface area contributed by atoms with Crippen LogP contribution in [0.3, 0.4) is 0 Å². The van der Waals surface area contributed by atoms with E-state index in [1.165, 1.54) is 0 Å². The molecule has 0 bridgehead atoms. The van der Waals surface area contributed by atoms with E-state index < -0.39 is 0 Å². The first-order chi connectivity index (χ1) is 14.2. The largest absolute Gasteiger partial charge is 0.508 e. The van der Waals surface area contributed by atoms with Crippen LogP contribution in [0.2, 0.25) is 0 Å². The highest BCUT2D eigenvalue weighted by atomic mass is 16.5. The minimum absolute atomic E-state index is 0.231. The van der Waals surface area contributed by atoms with E-state index in [1.54, 1.807) is 25.4 Å². The quantitative estimate of drug-likeness (QED) is 0.664. The second kappa shape index (κ2) is 8.45. The van der Waals surface area contributed by atoms with Crippen LogP contribution in [0.1, 0.15) is 11.1 Å². The summed E-state index contributed by atoms with van der Waals surface area (Å²) in [5.74, 6) is 1.83. The summed E-state index contributed by atoms with van der Waals surface area (Å²) in [6.45, 7) is 2.91. The maximum Gasteiger partial charge on any atom is 0.227 e. The van der Waals surface area contributed by atoms with Gasteiger partial charge in [-0.15, -0.1) is 0 Å². The molecule has 2 aromatic heterocycles. The van der Waals surface area contributed by atoms with Gasteiger partial charge < -0.3 is 19.6 Å². The van der Waals surface area contributed by atoms with E-state index in [4.69, 9.17) is 14.7 Å². The fraction of sp³-hybridized carbons (Fsp3) is 0.318. The van der Waals surface area contributed by atoms with Gasteiger partial charge in [0, 0.05) is 57.3 Å². The van der Waals surface area contributed by atoms with E-state index in [2.05, 4.69) is 16.0 Å². The van der Waals surface area contributed by atoms with Gasteiger partial charge in [0.25, 0.3) is 0 Å². The first-order valence-electron chi connectivity index (χ1n) is 9.70. The number of phenols is 1. The number of hydrogen-bond donors (Lipinski definition) is 1. The molecule has 0 spiro atoms. The molecule has 7 nitrogen and oxygen atoms in total. The number of rotatable bonds is 7. The number of aromatic hydroxyl groups is 1. The second-order valence-corrected chi connectivity index (χ2v) is 7.17. The van der Waals surface area contributed by atoms with Gasteiger partial charge in [-0.25, -0.2) is 4.98 Å². The number of benzene rings is 1. The van der Waals surface area contributed by atoms with Gasteiger partial charge >= 0.3 is 0 Å². The van der Waals surface area contributed by atoms with Crippen LogP contribution in [0.4, 0.5) is 11.8 Å². The van der Waals surface area contributed by atoms with Gasteiger partial charge in [-0.2, -0.15) is 4.98 Å². The first kappa shape index (κ1) is 19.1. The van der Waals surface area contributed by atoms with E-state index in [9.17, 15) is 5.11 Å². The number of anilines is 2. The molecule has 0 saturated carbocycles. The van der Waals surface area contributed by atoms with Crippen molar-refractivity contribution in [3.63, 3.8) is 0 Å². The van der Waals surface area contributed by atoms with Crippen LogP contribution in [-0.2, 0) is 17.7 Å². The minimum atomic E-state index is 0.231. The predicted octanol–water partition coefficient (Wildman–Crippen LogP) is 2.89. The molecule has 29 heavy (non-hydrogen) atoms. The molecule has 4 rings (SSSR count). The summed E-state index contributed by atoms with van der Waals surface area (Å²) in [6.07, 6.45) is 4.54. The number of phenolic OH excluding ortho intramolecular Hbond substituents is 1. The summed E-state index contributed by atoms with van der Waals surface area (Å²) in [5, 5.41) is 9.98. The Labute approximate surface area is 170 Å². The molecular formula is C22H25N5O2. The molecule has 1 aliphatic heterocycles. The van der Waals surface area contributed by atoms with Gasteiger partial charge in [0.1, 0.15) is 11.6 Å². The van der Waals surface area contributed by atoms with Crippen LogP contribution in [0.5, 0.6) is 5.75 Å². The third-order valence-corrected chi connectivity index (χ3v) is 5.09. The molecule has 3 heterocycles. The van der Waals surface area contributed by atoms with Crippen LogP contribution in [0.15, 0.2) is 48.8 Å². The molecule has 0 unspecified atom stereocenters. The van der Waals surface area contributed by atoms with Crippen LogP contribution in [0, 0.1) is 0 Å². The number of ether oxygens (including phenoxy) is 1. The number of methoxy groups -OCH3 is 1. The standard InChI is InChI=1S/C22H25N5O2/c1-26(11-12-29-2)22-24-20(17-6-3-7-18(28)13-17)19-8-10-27(21(19)25-22)15-16-5-4-9-23-14-16/h3-7,9,13-14,28H,8,10-12,15H2,1-2H3. The van der Waals surface area contributed by atoms with Crippen molar-refractivity contribution < 1.29 is 9.84 Å². The van der Waals surface area contributed by atoms with Gasteiger partial charge in [0.2, 0.25) is 5.95 Å². The van der Waals surface area contributed by atoms with Crippen LogP contribution < -0.4 is 9.80 Å². The third-order valence-electron chi connectivity index (χ3n) is 5.09. The normalized spacial score (nSPS) is 12.8. The molecule has 0 aliphatic carbocycles. The molecular weight excluding hydrogens is 366 g/mol. The van der Waals surface area contributed by atoms with E-state index in [0.717, 1.165) is 47.7 Å². The Morgan fingerprint density at radius 1 is 1.21 bits per heavy atom. The Morgan fingerprint density at radius 2 is 2.10 bits per heavy atom. The Morgan fingerprint density at radius 3 is 2.86 bits per heavy atom. The van der Waals surface area contributed by atoms with E-state index >= 15 is 0 Å². The molecule has 0 fully saturated rings. The molecule has 0 radical (unpaired) electrons. The van der Waals surface area contributed by atoms with Crippen molar-refractivity contribution >= 4 is 11.8 Å². The zero-order valence-corrected chi connectivity index (χ0v) is 16.7.